The molecule has 0 radical (unpaired) electrons. The summed E-state index contributed by atoms with van der Waals surface area (Å²) in [5, 5.41) is 6.85. The Morgan fingerprint density at radius 3 is 2.92 bits per heavy atom. The van der Waals surface area contributed by atoms with Gasteiger partial charge in [-0.1, -0.05) is 0 Å². The van der Waals surface area contributed by atoms with Crippen LogP contribution in [0.4, 0.5) is 0 Å². The first-order valence-corrected chi connectivity index (χ1v) is 4.89. The van der Waals surface area contributed by atoms with Crippen molar-refractivity contribution in [3.63, 3.8) is 0 Å². The molecule has 5 heteroatoms. The number of amides is 1. The Kier molecular flexibility index (Phi) is 3.48. The van der Waals surface area contributed by atoms with Crippen LogP contribution in [0.5, 0.6) is 0 Å². The van der Waals surface area contributed by atoms with Crippen LogP contribution in [0.2, 0.25) is 0 Å². The third-order valence-electron chi connectivity index (χ3n) is 1.57. The minimum Gasteiger partial charge on any atom is -0.355 e. The zero-order valence-electron chi connectivity index (χ0n) is 7.67. The number of rotatable bonds is 3. The highest BCUT2D eigenvalue weighted by atomic mass is 79.9. The molecule has 0 aliphatic rings. The molecule has 72 valence electrons. The maximum atomic E-state index is 11.1. The second-order valence-electron chi connectivity index (χ2n) is 2.71. The molecule has 0 bridgehead atoms. The molecule has 0 atom stereocenters. The Morgan fingerprint density at radius 2 is 2.46 bits per heavy atom. The summed E-state index contributed by atoms with van der Waals surface area (Å²) in [6.07, 6.45) is 1.80. The molecule has 1 amide bonds. The molecule has 1 heterocycles. The molecule has 13 heavy (non-hydrogen) atoms. The molecule has 0 aliphatic heterocycles. The van der Waals surface area contributed by atoms with Gasteiger partial charge in [0.05, 0.1) is 10.2 Å². The smallest absolute Gasteiger partial charge is 0.241 e. The summed E-state index contributed by atoms with van der Waals surface area (Å²) >= 11 is 3.33. The van der Waals surface area contributed by atoms with E-state index in [9.17, 15) is 4.79 Å². The number of nitrogens with one attached hydrogen (secondary N) is 1. The van der Waals surface area contributed by atoms with Crippen LogP contribution in [0.15, 0.2) is 10.7 Å². The van der Waals surface area contributed by atoms with Gasteiger partial charge in [-0.05, 0) is 29.8 Å². The van der Waals surface area contributed by atoms with Crippen molar-refractivity contribution in [2.75, 3.05) is 6.54 Å². The van der Waals surface area contributed by atoms with E-state index in [-0.39, 0.29) is 12.5 Å². The van der Waals surface area contributed by atoms with Crippen molar-refractivity contribution >= 4 is 21.8 Å². The van der Waals surface area contributed by atoms with Crippen LogP contribution in [-0.4, -0.2) is 22.2 Å². The molecule has 0 unspecified atom stereocenters. The van der Waals surface area contributed by atoms with Gasteiger partial charge in [0, 0.05) is 12.7 Å². The third-order valence-corrected chi connectivity index (χ3v) is 2.34. The Bertz CT molecular complexity index is 289. The Balaban J connectivity index is 2.59. The van der Waals surface area contributed by atoms with Gasteiger partial charge in [0.25, 0.3) is 0 Å². The standard InChI is InChI=1S/C8H12BrN3O/c1-3-10-8(13)5-12-4-7(9)6(2)11-12/h4H,3,5H2,1-2H3,(H,10,13). The summed E-state index contributed by atoms with van der Waals surface area (Å²) < 4.78 is 2.54. The van der Waals surface area contributed by atoms with Gasteiger partial charge in [0.15, 0.2) is 0 Å². The van der Waals surface area contributed by atoms with Crippen LogP contribution in [0.25, 0.3) is 0 Å². The van der Waals surface area contributed by atoms with Gasteiger partial charge < -0.3 is 5.32 Å². The summed E-state index contributed by atoms with van der Waals surface area (Å²) in [5.74, 6) is -0.0162. The zero-order chi connectivity index (χ0) is 9.84. The average molecular weight is 246 g/mol. The highest BCUT2D eigenvalue weighted by Gasteiger charge is 2.04. The van der Waals surface area contributed by atoms with E-state index in [1.165, 1.54) is 0 Å². The van der Waals surface area contributed by atoms with E-state index in [1.807, 2.05) is 13.8 Å². The van der Waals surface area contributed by atoms with Gasteiger partial charge in [0.2, 0.25) is 5.91 Å². The number of nitrogens with zero attached hydrogens (tertiary/aromatic N) is 2. The molecule has 0 saturated heterocycles. The minimum atomic E-state index is -0.0162. The van der Waals surface area contributed by atoms with E-state index in [0.29, 0.717) is 6.54 Å². The third kappa shape index (κ3) is 2.84. The van der Waals surface area contributed by atoms with Crippen molar-refractivity contribution in [1.29, 1.82) is 0 Å². The molecular weight excluding hydrogens is 234 g/mol. The molecule has 1 aromatic heterocycles. The van der Waals surface area contributed by atoms with Crippen molar-refractivity contribution in [3.05, 3.63) is 16.4 Å². The van der Waals surface area contributed by atoms with E-state index in [0.717, 1.165) is 10.2 Å². The molecule has 1 rings (SSSR count). The maximum Gasteiger partial charge on any atom is 0.241 e. The lowest BCUT2D eigenvalue weighted by molar-refractivity contribution is -0.121. The number of aromatic nitrogens is 2. The number of likely N-dealkylation sites (N-methyl/N-ethyl adjacent to an activating group) is 1. The monoisotopic (exact) mass is 245 g/mol. The zero-order valence-corrected chi connectivity index (χ0v) is 9.26. The molecule has 1 N–H and O–H groups in total. The second kappa shape index (κ2) is 4.41. The van der Waals surface area contributed by atoms with Crippen LogP contribution < -0.4 is 5.32 Å². The molecule has 0 aliphatic carbocycles. The second-order valence-corrected chi connectivity index (χ2v) is 3.57. The Hall–Kier alpha value is -0.840. The number of hydrogen-bond acceptors (Lipinski definition) is 2. The van der Waals surface area contributed by atoms with Gasteiger partial charge in [-0.25, -0.2) is 0 Å². The highest BCUT2D eigenvalue weighted by molar-refractivity contribution is 9.10. The van der Waals surface area contributed by atoms with Crippen molar-refractivity contribution in [1.82, 2.24) is 15.1 Å². The molecule has 4 nitrogen and oxygen atoms in total. The van der Waals surface area contributed by atoms with Crippen LogP contribution in [0, 0.1) is 6.92 Å². The van der Waals surface area contributed by atoms with E-state index in [4.69, 9.17) is 0 Å². The predicted molar refractivity (Wildman–Crippen MR) is 53.3 cm³/mol. The van der Waals surface area contributed by atoms with Crippen molar-refractivity contribution < 1.29 is 4.79 Å². The number of halogens is 1. The number of carbonyl (C=O) groups is 1. The van der Waals surface area contributed by atoms with Gasteiger partial charge in [-0.3, -0.25) is 9.48 Å². The normalized spacial score (nSPS) is 10.1. The van der Waals surface area contributed by atoms with E-state index >= 15 is 0 Å². The molecular formula is C8H12BrN3O. The number of aryl methyl sites for hydroxylation is 1. The Morgan fingerprint density at radius 1 is 1.77 bits per heavy atom. The van der Waals surface area contributed by atoms with Gasteiger partial charge in [-0.2, -0.15) is 5.10 Å². The lowest BCUT2D eigenvalue weighted by atomic mass is 10.5. The quantitative estimate of drug-likeness (QED) is 0.867. The van der Waals surface area contributed by atoms with Crippen LogP contribution in [0.3, 0.4) is 0 Å². The van der Waals surface area contributed by atoms with E-state index in [2.05, 4.69) is 26.3 Å². The van der Waals surface area contributed by atoms with Gasteiger partial charge in [-0.15, -0.1) is 0 Å². The predicted octanol–water partition coefficient (Wildman–Crippen LogP) is 1.09. The summed E-state index contributed by atoms with van der Waals surface area (Å²) in [4.78, 5) is 11.1. The SMILES string of the molecule is CCNC(=O)Cn1cc(Br)c(C)n1. The fraction of sp³-hybridized carbons (Fsp3) is 0.500. The summed E-state index contributed by atoms with van der Waals surface area (Å²) in [5.41, 5.74) is 0.893. The molecule has 0 fully saturated rings. The lowest BCUT2D eigenvalue weighted by Gasteiger charge is -2.00. The topological polar surface area (TPSA) is 46.9 Å². The molecule has 0 spiro atoms. The lowest BCUT2D eigenvalue weighted by Crippen LogP contribution is -2.27. The first-order chi connectivity index (χ1) is 6.13. The number of hydrogen-bond donors (Lipinski definition) is 1. The van der Waals surface area contributed by atoms with Crippen molar-refractivity contribution in [2.24, 2.45) is 0 Å². The molecule has 0 saturated carbocycles. The summed E-state index contributed by atoms with van der Waals surface area (Å²) in [6.45, 7) is 4.71. The van der Waals surface area contributed by atoms with Crippen LogP contribution >= 0.6 is 15.9 Å². The summed E-state index contributed by atoms with van der Waals surface area (Å²) in [7, 11) is 0. The largest absolute Gasteiger partial charge is 0.355 e. The Labute approximate surface area is 85.4 Å². The molecule has 1 aromatic rings. The minimum absolute atomic E-state index is 0.0162. The van der Waals surface area contributed by atoms with E-state index in [1.54, 1.807) is 10.9 Å². The van der Waals surface area contributed by atoms with Crippen molar-refractivity contribution in [2.45, 2.75) is 20.4 Å². The van der Waals surface area contributed by atoms with Gasteiger partial charge >= 0.3 is 0 Å². The fourth-order valence-corrected chi connectivity index (χ4v) is 1.29. The average Bonchev–Trinajstić information content (AvgIpc) is 2.31. The maximum absolute atomic E-state index is 11.1. The molecule has 0 aromatic carbocycles. The fourth-order valence-electron chi connectivity index (χ4n) is 0.975. The van der Waals surface area contributed by atoms with Gasteiger partial charge in [0.1, 0.15) is 6.54 Å². The van der Waals surface area contributed by atoms with Crippen LogP contribution in [-0.2, 0) is 11.3 Å². The van der Waals surface area contributed by atoms with E-state index < -0.39 is 0 Å². The highest BCUT2D eigenvalue weighted by Crippen LogP contribution is 2.12. The first kappa shape index (κ1) is 10.2. The first-order valence-electron chi connectivity index (χ1n) is 4.09. The summed E-state index contributed by atoms with van der Waals surface area (Å²) in [6, 6.07) is 0. The number of carbonyl (C=O) groups excluding carboxylic acids is 1. The van der Waals surface area contributed by atoms with Crippen molar-refractivity contribution in [3.8, 4) is 0 Å². The van der Waals surface area contributed by atoms with Crippen LogP contribution in [0.1, 0.15) is 12.6 Å².